The quantitative estimate of drug-likeness (QED) is 0.782. The van der Waals surface area contributed by atoms with E-state index in [0.717, 1.165) is 22.4 Å². The topological polar surface area (TPSA) is 35.5 Å². The van der Waals surface area contributed by atoms with Gasteiger partial charge in [0.25, 0.3) is 0 Å². The predicted molar refractivity (Wildman–Crippen MR) is 77.7 cm³/mol. The van der Waals surface area contributed by atoms with E-state index < -0.39 is 0 Å². The Labute approximate surface area is 119 Å². The molecule has 104 valence electrons. The van der Waals surface area contributed by atoms with Crippen LogP contribution < -0.4 is 4.74 Å². The van der Waals surface area contributed by atoms with E-state index in [2.05, 4.69) is 0 Å². The van der Waals surface area contributed by atoms with Gasteiger partial charge in [0.15, 0.2) is 0 Å². The van der Waals surface area contributed by atoms with Crippen molar-refractivity contribution in [3.63, 3.8) is 0 Å². The molecule has 0 aliphatic rings. The highest BCUT2D eigenvalue weighted by Gasteiger charge is 2.08. The van der Waals surface area contributed by atoms with Crippen molar-refractivity contribution >= 4 is 5.97 Å². The number of rotatable bonds is 5. The molecule has 2 aromatic carbocycles. The maximum atomic E-state index is 11.4. The molecule has 0 radical (unpaired) electrons. The molecule has 0 saturated heterocycles. The zero-order chi connectivity index (χ0) is 14.4. The highest BCUT2D eigenvalue weighted by molar-refractivity contribution is 5.72. The first-order valence-electron chi connectivity index (χ1n) is 6.52. The SMILES string of the molecule is COC(=O)Cc1ccccc1COc1ccccc1C. The largest absolute Gasteiger partial charge is 0.489 e. The molecule has 3 nitrogen and oxygen atoms in total. The Balaban J connectivity index is 2.10. The second-order valence-electron chi connectivity index (χ2n) is 4.58. The smallest absolute Gasteiger partial charge is 0.309 e. The van der Waals surface area contributed by atoms with E-state index in [4.69, 9.17) is 9.47 Å². The normalized spacial score (nSPS) is 10.1. The fourth-order valence-electron chi connectivity index (χ4n) is 1.97. The van der Waals surface area contributed by atoms with Crippen molar-refractivity contribution in [3.05, 3.63) is 65.2 Å². The van der Waals surface area contributed by atoms with Gasteiger partial charge in [-0.25, -0.2) is 0 Å². The molecule has 0 heterocycles. The molecule has 0 aliphatic carbocycles. The minimum atomic E-state index is -0.242. The molecule has 20 heavy (non-hydrogen) atoms. The van der Waals surface area contributed by atoms with E-state index in [-0.39, 0.29) is 12.4 Å². The monoisotopic (exact) mass is 270 g/mol. The minimum absolute atomic E-state index is 0.242. The van der Waals surface area contributed by atoms with E-state index in [0.29, 0.717) is 6.61 Å². The molecule has 0 fully saturated rings. The van der Waals surface area contributed by atoms with Gasteiger partial charge in [0.2, 0.25) is 0 Å². The van der Waals surface area contributed by atoms with E-state index in [1.807, 2.05) is 55.5 Å². The molecule has 0 saturated carbocycles. The molecule has 2 aromatic rings. The lowest BCUT2D eigenvalue weighted by Crippen LogP contribution is -2.08. The molecule has 0 aromatic heterocycles. The number of ether oxygens (including phenoxy) is 2. The lowest BCUT2D eigenvalue weighted by molar-refractivity contribution is -0.139. The van der Waals surface area contributed by atoms with Crippen LogP contribution in [0.2, 0.25) is 0 Å². The number of hydrogen-bond acceptors (Lipinski definition) is 3. The van der Waals surface area contributed by atoms with Crippen LogP contribution in [0.3, 0.4) is 0 Å². The Morgan fingerprint density at radius 1 is 1.00 bits per heavy atom. The average Bonchev–Trinajstić information content (AvgIpc) is 2.47. The Morgan fingerprint density at radius 3 is 2.35 bits per heavy atom. The number of hydrogen-bond donors (Lipinski definition) is 0. The van der Waals surface area contributed by atoms with E-state index in [1.165, 1.54) is 7.11 Å². The molecule has 3 heteroatoms. The number of methoxy groups -OCH3 is 1. The number of carbonyl (C=O) groups excluding carboxylic acids is 1. The van der Waals surface area contributed by atoms with Gasteiger partial charge < -0.3 is 9.47 Å². The van der Waals surface area contributed by atoms with Gasteiger partial charge in [0.1, 0.15) is 12.4 Å². The van der Waals surface area contributed by atoms with Crippen molar-refractivity contribution < 1.29 is 14.3 Å². The third kappa shape index (κ3) is 3.60. The third-order valence-corrected chi connectivity index (χ3v) is 3.16. The van der Waals surface area contributed by atoms with Crippen molar-refractivity contribution in [2.75, 3.05) is 7.11 Å². The molecule has 0 spiro atoms. The van der Waals surface area contributed by atoms with Gasteiger partial charge in [-0.15, -0.1) is 0 Å². The van der Waals surface area contributed by atoms with Gasteiger partial charge in [-0.05, 0) is 29.7 Å². The average molecular weight is 270 g/mol. The van der Waals surface area contributed by atoms with Gasteiger partial charge in [0, 0.05) is 0 Å². The van der Waals surface area contributed by atoms with Crippen LogP contribution in [-0.2, 0) is 22.6 Å². The molecule has 0 aliphatic heterocycles. The summed E-state index contributed by atoms with van der Waals surface area (Å²) in [4.78, 5) is 11.4. The molecule has 0 bridgehead atoms. The summed E-state index contributed by atoms with van der Waals surface area (Å²) >= 11 is 0. The van der Waals surface area contributed by atoms with Crippen molar-refractivity contribution in [3.8, 4) is 5.75 Å². The standard InChI is InChI=1S/C17H18O3/c1-13-7-3-6-10-16(13)20-12-15-9-5-4-8-14(15)11-17(18)19-2/h3-10H,11-12H2,1-2H3. The van der Waals surface area contributed by atoms with Gasteiger partial charge in [0.05, 0.1) is 13.5 Å². The molecule has 0 N–H and O–H groups in total. The zero-order valence-electron chi connectivity index (χ0n) is 11.8. The number of esters is 1. The van der Waals surface area contributed by atoms with Crippen LogP contribution in [0, 0.1) is 6.92 Å². The molecular weight excluding hydrogens is 252 g/mol. The van der Waals surface area contributed by atoms with Crippen molar-refractivity contribution in [1.82, 2.24) is 0 Å². The summed E-state index contributed by atoms with van der Waals surface area (Å²) in [7, 11) is 1.40. The Bertz CT molecular complexity index is 590. The fraction of sp³-hybridized carbons (Fsp3) is 0.235. The molecular formula is C17H18O3. The summed E-state index contributed by atoms with van der Waals surface area (Å²) in [6, 6.07) is 15.6. The fourth-order valence-corrected chi connectivity index (χ4v) is 1.97. The van der Waals surface area contributed by atoms with Crippen LogP contribution in [0.25, 0.3) is 0 Å². The number of para-hydroxylation sites is 1. The summed E-state index contributed by atoms with van der Waals surface area (Å²) in [5.41, 5.74) is 3.03. The van der Waals surface area contributed by atoms with Gasteiger partial charge in [-0.1, -0.05) is 42.5 Å². The first kappa shape index (κ1) is 14.1. The first-order chi connectivity index (χ1) is 9.70. The second kappa shape index (κ2) is 6.75. The van der Waals surface area contributed by atoms with Gasteiger partial charge in [-0.2, -0.15) is 0 Å². The summed E-state index contributed by atoms with van der Waals surface area (Å²) in [6.45, 7) is 2.45. The number of aryl methyl sites for hydroxylation is 1. The number of benzene rings is 2. The summed E-state index contributed by atoms with van der Waals surface area (Å²) < 4.78 is 10.5. The maximum Gasteiger partial charge on any atom is 0.309 e. The van der Waals surface area contributed by atoms with Crippen LogP contribution in [0.4, 0.5) is 0 Å². The lowest BCUT2D eigenvalue weighted by atomic mass is 10.1. The Morgan fingerprint density at radius 2 is 1.65 bits per heavy atom. The zero-order valence-corrected chi connectivity index (χ0v) is 11.8. The Hall–Kier alpha value is -2.29. The molecule has 0 amide bonds. The van der Waals surface area contributed by atoms with Gasteiger partial charge in [-0.3, -0.25) is 4.79 Å². The number of carbonyl (C=O) groups is 1. The summed E-state index contributed by atoms with van der Waals surface area (Å²) in [5.74, 6) is 0.619. The lowest BCUT2D eigenvalue weighted by Gasteiger charge is -2.12. The maximum absolute atomic E-state index is 11.4. The highest BCUT2D eigenvalue weighted by atomic mass is 16.5. The minimum Gasteiger partial charge on any atom is -0.489 e. The van der Waals surface area contributed by atoms with Crippen LogP contribution in [0.15, 0.2) is 48.5 Å². The third-order valence-electron chi connectivity index (χ3n) is 3.16. The molecule has 0 unspecified atom stereocenters. The van der Waals surface area contributed by atoms with Crippen LogP contribution in [0.1, 0.15) is 16.7 Å². The van der Waals surface area contributed by atoms with Crippen molar-refractivity contribution in [2.45, 2.75) is 20.0 Å². The first-order valence-corrected chi connectivity index (χ1v) is 6.52. The van der Waals surface area contributed by atoms with Crippen molar-refractivity contribution in [2.24, 2.45) is 0 Å². The van der Waals surface area contributed by atoms with Crippen molar-refractivity contribution in [1.29, 1.82) is 0 Å². The second-order valence-corrected chi connectivity index (χ2v) is 4.58. The molecule has 0 atom stereocenters. The molecule has 2 rings (SSSR count). The summed E-state index contributed by atoms with van der Waals surface area (Å²) in [6.07, 6.45) is 0.268. The Kier molecular flexibility index (Phi) is 4.77. The van der Waals surface area contributed by atoms with Crippen LogP contribution >= 0.6 is 0 Å². The highest BCUT2D eigenvalue weighted by Crippen LogP contribution is 2.19. The van der Waals surface area contributed by atoms with Crippen LogP contribution in [0.5, 0.6) is 5.75 Å². The van der Waals surface area contributed by atoms with E-state index in [9.17, 15) is 4.79 Å². The van der Waals surface area contributed by atoms with E-state index >= 15 is 0 Å². The van der Waals surface area contributed by atoms with E-state index in [1.54, 1.807) is 0 Å². The summed E-state index contributed by atoms with van der Waals surface area (Å²) in [5, 5.41) is 0. The van der Waals surface area contributed by atoms with Crippen LogP contribution in [-0.4, -0.2) is 13.1 Å². The van der Waals surface area contributed by atoms with Gasteiger partial charge >= 0.3 is 5.97 Å². The predicted octanol–water partition coefficient (Wildman–Crippen LogP) is 3.29.